The van der Waals surface area contributed by atoms with E-state index in [0.717, 1.165) is 77.1 Å². The molecule has 7 aromatic carbocycles. The average molecular weight is 641 g/mol. The van der Waals surface area contributed by atoms with Crippen LogP contribution in [0, 0.1) is 0 Å². The number of hydrogen-bond acceptors (Lipinski definition) is 4. The molecule has 0 saturated carbocycles. The van der Waals surface area contributed by atoms with Crippen molar-refractivity contribution in [3.8, 4) is 51.0 Å². The zero-order chi connectivity index (χ0) is 33.0. The van der Waals surface area contributed by atoms with E-state index in [9.17, 15) is 0 Å². The van der Waals surface area contributed by atoms with E-state index >= 15 is 0 Å². The van der Waals surface area contributed by atoms with Crippen molar-refractivity contribution in [2.24, 2.45) is 0 Å². The van der Waals surface area contributed by atoms with Gasteiger partial charge in [0, 0.05) is 32.7 Å². The Morgan fingerprint density at radius 3 is 1.58 bits per heavy atom. The van der Waals surface area contributed by atoms with Crippen LogP contribution in [-0.4, -0.2) is 19.5 Å². The molecule has 0 unspecified atom stereocenters. The second-order valence-electron chi connectivity index (χ2n) is 12.5. The fourth-order valence-electron chi connectivity index (χ4n) is 7.05. The van der Waals surface area contributed by atoms with Gasteiger partial charge >= 0.3 is 0 Å². The molecule has 0 atom stereocenters. The molecule has 0 amide bonds. The molecule has 10 aromatic rings. The Morgan fingerprint density at radius 1 is 0.380 bits per heavy atom. The molecule has 3 aromatic heterocycles. The van der Waals surface area contributed by atoms with Crippen LogP contribution < -0.4 is 0 Å². The van der Waals surface area contributed by atoms with Gasteiger partial charge in [0.1, 0.15) is 11.1 Å². The number of furan rings is 1. The van der Waals surface area contributed by atoms with E-state index in [-0.39, 0.29) is 0 Å². The Morgan fingerprint density at radius 2 is 0.880 bits per heavy atom. The van der Waals surface area contributed by atoms with Crippen molar-refractivity contribution < 1.29 is 4.42 Å². The van der Waals surface area contributed by atoms with Gasteiger partial charge in [0.05, 0.1) is 5.52 Å². The first kappa shape index (κ1) is 28.2. The molecule has 5 nitrogen and oxygen atoms in total. The van der Waals surface area contributed by atoms with Crippen LogP contribution in [0.2, 0.25) is 0 Å². The molecule has 3 heterocycles. The molecular weight excluding hydrogens is 613 g/mol. The molecule has 0 saturated heterocycles. The summed E-state index contributed by atoms with van der Waals surface area (Å²) in [5, 5.41) is 4.29. The van der Waals surface area contributed by atoms with Gasteiger partial charge in [0.25, 0.3) is 0 Å². The van der Waals surface area contributed by atoms with E-state index in [1.54, 1.807) is 0 Å². The van der Waals surface area contributed by atoms with Gasteiger partial charge in [-0.3, -0.25) is 4.57 Å². The molecule has 50 heavy (non-hydrogen) atoms. The maximum Gasteiger partial charge on any atom is 0.238 e. The van der Waals surface area contributed by atoms with E-state index in [2.05, 4.69) is 120 Å². The molecular formula is C45H28N4O. The summed E-state index contributed by atoms with van der Waals surface area (Å²) in [6.07, 6.45) is 0. The Bertz CT molecular complexity index is 2840. The third kappa shape index (κ3) is 4.60. The Balaban J connectivity index is 1.28. The van der Waals surface area contributed by atoms with Crippen LogP contribution in [0.4, 0.5) is 0 Å². The van der Waals surface area contributed by atoms with E-state index in [0.29, 0.717) is 17.6 Å². The number of nitrogens with zero attached hydrogens (tertiary/aromatic N) is 4. The van der Waals surface area contributed by atoms with Gasteiger partial charge < -0.3 is 4.42 Å². The topological polar surface area (TPSA) is 56.7 Å². The molecule has 0 aliphatic carbocycles. The Hall–Kier alpha value is -6.85. The van der Waals surface area contributed by atoms with E-state index in [1.807, 2.05) is 54.6 Å². The van der Waals surface area contributed by atoms with E-state index in [4.69, 9.17) is 19.4 Å². The largest absolute Gasteiger partial charge is 0.454 e. The summed E-state index contributed by atoms with van der Waals surface area (Å²) in [6.45, 7) is 0. The number of hydrogen-bond donors (Lipinski definition) is 0. The maximum atomic E-state index is 6.67. The predicted molar refractivity (Wildman–Crippen MR) is 203 cm³/mol. The molecule has 0 bridgehead atoms. The summed E-state index contributed by atoms with van der Waals surface area (Å²) in [5.74, 6) is 1.72. The van der Waals surface area contributed by atoms with Gasteiger partial charge in [-0.1, -0.05) is 152 Å². The zero-order valence-corrected chi connectivity index (χ0v) is 26.9. The number of aromatic nitrogens is 4. The van der Waals surface area contributed by atoms with Gasteiger partial charge in [-0.2, -0.15) is 9.97 Å². The first-order valence-corrected chi connectivity index (χ1v) is 16.7. The second kappa shape index (κ2) is 11.4. The molecule has 0 aliphatic heterocycles. The predicted octanol–water partition coefficient (Wildman–Crippen LogP) is 11.5. The summed E-state index contributed by atoms with van der Waals surface area (Å²) in [5.41, 5.74) is 9.93. The quantitative estimate of drug-likeness (QED) is 0.188. The van der Waals surface area contributed by atoms with Gasteiger partial charge in [-0.15, -0.1) is 0 Å². The minimum Gasteiger partial charge on any atom is -0.454 e. The highest BCUT2D eigenvalue weighted by molar-refractivity contribution is 6.21. The smallest absolute Gasteiger partial charge is 0.238 e. The molecule has 0 radical (unpaired) electrons. The fourth-order valence-corrected chi connectivity index (χ4v) is 7.05. The lowest BCUT2D eigenvalue weighted by Crippen LogP contribution is -2.06. The summed E-state index contributed by atoms with van der Waals surface area (Å²) < 4.78 is 8.83. The lowest BCUT2D eigenvalue weighted by Gasteiger charge is -2.12. The number of para-hydroxylation sites is 1. The van der Waals surface area contributed by atoms with Crippen molar-refractivity contribution in [1.29, 1.82) is 0 Å². The number of fused-ring (bicyclic) bond motifs is 7. The standard InChI is InChI=1S/C45H28N4O/c1-4-12-29(13-5-1)31-20-22-33(23-21-31)44-46-43(32-16-8-3-9-17-32)47-45(48-44)49-39-28-34(30-14-6-2-7-15-30)24-25-35(39)37-26-27-38-36-18-10-11-19-40(36)50-42(38)41(37)49/h1-28H. The minimum absolute atomic E-state index is 0.527. The first-order chi connectivity index (χ1) is 24.8. The van der Waals surface area contributed by atoms with Gasteiger partial charge in [0.15, 0.2) is 17.2 Å². The normalized spacial score (nSPS) is 11.6. The Kier molecular flexibility index (Phi) is 6.42. The molecule has 10 rings (SSSR count). The summed E-state index contributed by atoms with van der Waals surface area (Å²) >= 11 is 0. The first-order valence-electron chi connectivity index (χ1n) is 16.7. The van der Waals surface area contributed by atoms with Gasteiger partial charge in [0.2, 0.25) is 5.95 Å². The third-order valence-corrected chi connectivity index (χ3v) is 9.49. The van der Waals surface area contributed by atoms with E-state index in [1.165, 1.54) is 0 Å². The molecule has 0 spiro atoms. The second-order valence-corrected chi connectivity index (χ2v) is 12.5. The van der Waals surface area contributed by atoms with Crippen molar-refractivity contribution in [3.63, 3.8) is 0 Å². The highest BCUT2D eigenvalue weighted by Crippen LogP contribution is 2.41. The highest BCUT2D eigenvalue weighted by Gasteiger charge is 2.22. The minimum atomic E-state index is 0.527. The maximum absolute atomic E-state index is 6.67. The molecule has 0 N–H and O–H groups in total. The third-order valence-electron chi connectivity index (χ3n) is 9.49. The lowest BCUT2D eigenvalue weighted by molar-refractivity contribution is 0.670. The number of benzene rings is 7. The van der Waals surface area contributed by atoms with Gasteiger partial charge in [-0.25, -0.2) is 4.98 Å². The van der Waals surface area contributed by atoms with Crippen LogP contribution in [0.5, 0.6) is 0 Å². The zero-order valence-electron chi connectivity index (χ0n) is 26.9. The molecule has 5 heteroatoms. The summed E-state index contributed by atoms with van der Waals surface area (Å²) in [7, 11) is 0. The van der Waals surface area contributed by atoms with Crippen LogP contribution in [0.3, 0.4) is 0 Å². The van der Waals surface area contributed by atoms with Crippen molar-refractivity contribution in [1.82, 2.24) is 19.5 Å². The van der Waals surface area contributed by atoms with Crippen molar-refractivity contribution in [2.75, 3.05) is 0 Å². The lowest BCUT2D eigenvalue weighted by atomic mass is 10.0. The van der Waals surface area contributed by atoms with Crippen molar-refractivity contribution in [2.45, 2.75) is 0 Å². The highest BCUT2D eigenvalue weighted by atomic mass is 16.3. The van der Waals surface area contributed by atoms with E-state index < -0.39 is 0 Å². The van der Waals surface area contributed by atoms with Crippen LogP contribution in [-0.2, 0) is 0 Å². The fraction of sp³-hybridized carbons (Fsp3) is 0. The van der Waals surface area contributed by atoms with Crippen LogP contribution in [0.1, 0.15) is 0 Å². The van der Waals surface area contributed by atoms with Crippen molar-refractivity contribution >= 4 is 43.7 Å². The van der Waals surface area contributed by atoms with Crippen LogP contribution >= 0.6 is 0 Å². The summed E-state index contributed by atoms with van der Waals surface area (Å²) in [4.78, 5) is 15.5. The van der Waals surface area contributed by atoms with Gasteiger partial charge in [-0.05, 0) is 40.5 Å². The molecule has 0 fully saturated rings. The summed E-state index contributed by atoms with van der Waals surface area (Å²) in [6, 6.07) is 58.6. The van der Waals surface area contributed by atoms with Crippen LogP contribution in [0.25, 0.3) is 94.7 Å². The average Bonchev–Trinajstić information content (AvgIpc) is 3.74. The Labute approximate surface area is 287 Å². The number of rotatable bonds is 5. The van der Waals surface area contributed by atoms with Crippen LogP contribution in [0.15, 0.2) is 174 Å². The molecule has 0 aliphatic rings. The SMILES string of the molecule is c1ccc(-c2ccc(-c3nc(-c4ccccc4)nc(-n4c5cc(-c6ccccc6)ccc5c5ccc6c7ccccc7oc6c54)n3)cc2)cc1. The monoisotopic (exact) mass is 640 g/mol. The van der Waals surface area contributed by atoms with Crippen molar-refractivity contribution in [3.05, 3.63) is 170 Å². The molecule has 234 valence electrons.